The Bertz CT molecular complexity index is 860. The van der Waals surface area contributed by atoms with Crippen molar-refractivity contribution in [1.29, 1.82) is 0 Å². The first kappa shape index (κ1) is 16.5. The summed E-state index contributed by atoms with van der Waals surface area (Å²) in [5, 5.41) is 2.73. The Morgan fingerprint density at radius 2 is 1.88 bits per heavy atom. The Labute approximate surface area is 140 Å². The summed E-state index contributed by atoms with van der Waals surface area (Å²) in [6, 6.07) is 13.0. The highest BCUT2D eigenvalue weighted by Crippen LogP contribution is 2.25. The molecule has 2 aromatic carbocycles. The van der Waals surface area contributed by atoms with Crippen LogP contribution in [0.25, 0.3) is 0 Å². The van der Waals surface area contributed by atoms with Crippen LogP contribution in [0, 0.1) is 0 Å². The monoisotopic (exact) mass is 346 g/mol. The topological polar surface area (TPSA) is 84.5 Å². The molecule has 1 fully saturated rings. The molecule has 1 aliphatic rings. The van der Waals surface area contributed by atoms with E-state index in [0.29, 0.717) is 11.4 Å². The number of anilines is 1. The summed E-state index contributed by atoms with van der Waals surface area (Å²) in [5.74, 6) is 0.132. The highest BCUT2D eigenvalue weighted by atomic mass is 32.2. The molecule has 0 atom stereocenters. The van der Waals surface area contributed by atoms with Gasteiger partial charge in [-0.05, 0) is 43.2 Å². The number of rotatable bonds is 6. The van der Waals surface area contributed by atoms with Crippen LogP contribution in [-0.2, 0) is 10.0 Å². The maximum atomic E-state index is 12.4. The number of hydrogen-bond acceptors (Lipinski definition) is 4. The first-order valence-corrected chi connectivity index (χ1v) is 9.05. The van der Waals surface area contributed by atoms with Gasteiger partial charge in [-0.1, -0.05) is 18.2 Å². The van der Waals surface area contributed by atoms with Gasteiger partial charge in [0, 0.05) is 11.6 Å². The summed E-state index contributed by atoms with van der Waals surface area (Å²) in [4.78, 5) is 12.5. The van der Waals surface area contributed by atoms with Crippen molar-refractivity contribution in [3.63, 3.8) is 0 Å². The molecular weight excluding hydrogens is 328 g/mol. The highest BCUT2D eigenvalue weighted by Gasteiger charge is 2.28. The fourth-order valence-corrected chi connectivity index (χ4v) is 3.59. The number of hydrogen-bond donors (Lipinski definition) is 2. The minimum Gasteiger partial charge on any atom is -0.495 e. The zero-order chi connectivity index (χ0) is 17.2. The lowest BCUT2D eigenvalue weighted by Gasteiger charge is -2.11. The van der Waals surface area contributed by atoms with Crippen LogP contribution in [-0.4, -0.2) is 27.5 Å². The molecule has 0 radical (unpaired) electrons. The molecule has 2 aromatic rings. The standard InChI is InChI=1S/C17H18N2O4S/c1-23-16-8-3-2-7-15(16)18-17(20)12-5-4-6-14(11-12)24(21,22)19-13-9-10-13/h2-8,11,13,19H,9-10H2,1H3,(H,18,20). The number of sulfonamides is 1. The largest absolute Gasteiger partial charge is 0.495 e. The van der Waals surface area contributed by atoms with Crippen LogP contribution in [0.3, 0.4) is 0 Å². The van der Waals surface area contributed by atoms with E-state index in [1.54, 1.807) is 36.4 Å². The predicted octanol–water partition coefficient (Wildman–Crippen LogP) is 2.39. The second-order valence-electron chi connectivity index (χ2n) is 5.58. The van der Waals surface area contributed by atoms with Crippen molar-refractivity contribution >= 4 is 21.6 Å². The average molecular weight is 346 g/mol. The Morgan fingerprint density at radius 1 is 1.12 bits per heavy atom. The van der Waals surface area contributed by atoms with E-state index in [9.17, 15) is 13.2 Å². The number of methoxy groups -OCH3 is 1. The average Bonchev–Trinajstić information content (AvgIpc) is 3.39. The van der Waals surface area contributed by atoms with Gasteiger partial charge in [-0.3, -0.25) is 4.79 Å². The molecule has 24 heavy (non-hydrogen) atoms. The molecular formula is C17H18N2O4S. The lowest BCUT2D eigenvalue weighted by Crippen LogP contribution is -2.26. The Balaban J connectivity index is 1.81. The van der Waals surface area contributed by atoms with Gasteiger partial charge in [0.1, 0.15) is 5.75 Å². The Morgan fingerprint density at radius 3 is 2.58 bits per heavy atom. The van der Waals surface area contributed by atoms with Crippen molar-refractivity contribution < 1.29 is 17.9 Å². The second kappa shape index (κ2) is 6.62. The Hall–Kier alpha value is -2.38. The van der Waals surface area contributed by atoms with Gasteiger partial charge in [0.15, 0.2) is 0 Å². The summed E-state index contributed by atoms with van der Waals surface area (Å²) in [7, 11) is -2.08. The molecule has 0 spiro atoms. The molecule has 0 aliphatic heterocycles. The van der Waals surface area contributed by atoms with Crippen LogP contribution >= 0.6 is 0 Å². The number of carbonyl (C=O) groups excluding carboxylic acids is 1. The van der Waals surface area contributed by atoms with Gasteiger partial charge in [0.2, 0.25) is 10.0 Å². The fraction of sp³-hybridized carbons (Fsp3) is 0.235. The van der Waals surface area contributed by atoms with E-state index in [2.05, 4.69) is 10.0 Å². The molecule has 0 saturated heterocycles. The highest BCUT2D eigenvalue weighted by molar-refractivity contribution is 7.89. The molecule has 1 saturated carbocycles. The minimum atomic E-state index is -3.59. The minimum absolute atomic E-state index is 0.0149. The molecule has 0 unspecified atom stereocenters. The van der Waals surface area contributed by atoms with Crippen LogP contribution in [0.5, 0.6) is 5.75 Å². The van der Waals surface area contributed by atoms with Crippen LogP contribution in [0.2, 0.25) is 0 Å². The molecule has 6 nitrogen and oxygen atoms in total. The molecule has 1 amide bonds. The SMILES string of the molecule is COc1ccccc1NC(=O)c1cccc(S(=O)(=O)NC2CC2)c1. The lowest BCUT2D eigenvalue weighted by molar-refractivity contribution is 0.102. The summed E-state index contributed by atoms with van der Waals surface area (Å²) in [6.45, 7) is 0. The normalized spacial score (nSPS) is 14.2. The third-order valence-electron chi connectivity index (χ3n) is 3.66. The summed E-state index contributed by atoms with van der Waals surface area (Å²) < 4.78 is 32.3. The first-order valence-electron chi connectivity index (χ1n) is 7.56. The van der Waals surface area contributed by atoms with Gasteiger partial charge in [-0.25, -0.2) is 13.1 Å². The number of amides is 1. The van der Waals surface area contributed by atoms with Crippen molar-refractivity contribution in [1.82, 2.24) is 4.72 Å². The Kier molecular flexibility index (Phi) is 4.55. The first-order chi connectivity index (χ1) is 11.5. The number of benzene rings is 2. The van der Waals surface area contributed by atoms with Crippen molar-refractivity contribution in [3.8, 4) is 5.75 Å². The van der Waals surface area contributed by atoms with Crippen LogP contribution in [0.15, 0.2) is 53.4 Å². The fourth-order valence-electron chi connectivity index (χ4n) is 2.24. The lowest BCUT2D eigenvalue weighted by atomic mass is 10.2. The van der Waals surface area contributed by atoms with E-state index in [1.165, 1.54) is 19.2 Å². The third kappa shape index (κ3) is 3.74. The molecule has 0 aromatic heterocycles. The number of ether oxygens (including phenoxy) is 1. The van der Waals surface area contributed by atoms with Crippen molar-refractivity contribution in [2.75, 3.05) is 12.4 Å². The van der Waals surface area contributed by atoms with Crippen LogP contribution in [0.4, 0.5) is 5.69 Å². The van der Waals surface area contributed by atoms with E-state index in [0.717, 1.165) is 12.8 Å². The molecule has 7 heteroatoms. The van der Waals surface area contributed by atoms with E-state index in [4.69, 9.17) is 4.74 Å². The number of para-hydroxylation sites is 2. The van der Waals surface area contributed by atoms with Crippen LogP contribution in [0.1, 0.15) is 23.2 Å². The maximum absolute atomic E-state index is 12.4. The van der Waals surface area contributed by atoms with E-state index < -0.39 is 15.9 Å². The van der Waals surface area contributed by atoms with E-state index >= 15 is 0 Å². The molecule has 0 heterocycles. The summed E-state index contributed by atoms with van der Waals surface area (Å²) >= 11 is 0. The summed E-state index contributed by atoms with van der Waals surface area (Å²) in [6.07, 6.45) is 1.71. The van der Waals surface area contributed by atoms with E-state index in [1.807, 2.05) is 0 Å². The van der Waals surface area contributed by atoms with Gasteiger partial charge in [-0.15, -0.1) is 0 Å². The molecule has 0 bridgehead atoms. The number of nitrogens with one attached hydrogen (secondary N) is 2. The number of carbonyl (C=O) groups is 1. The van der Waals surface area contributed by atoms with Crippen molar-refractivity contribution in [2.45, 2.75) is 23.8 Å². The van der Waals surface area contributed by atoms with Gasteiger partial charge >= 0.3 is 0 Å². The molecule has 3 rings (SSSR count). The van der Waals surface area contributed by atoms with Gasteiger partial charge in [0.25, 0.3) is 5.91 Å². The smallest absolute Gasteiger partial charge is 0.255 e. The third-order valence-corrected chi connectivity index (χ3v) is 5.18. The van der Waals surface area contributed by atoms with Crippen molar-refractivity contribution in [2.24, 2.45) is 0 Å². The molecule has 126 valence electrons. The quantitative estimate of drug-likeness (QED) is 0.841. The van der Waals surface area contributed by atoms with Gasteiger partial charge in [0.05, 0.1) is 17.7 Å². The van der Waals surface area contributed by atoms with Gasteiger partial charge < -0.3 is 10.1 Å². The molecule has 1 aliphatic carbocycles. The van der Waals surface area contributed by atoms with E-state index in [-0.39, 0.29) is 16.5 Å². The maximum Gasteiger partial charge on any atom is 0.255 e. The summed E-state index contributed by atoms with van der Waals surface area (Å²) in [5.41, 5.74) is 0.786. The zero-order valence-electron chi connectivity index (χ0n) is 13.2. The predicted molar refractivity (Wildman–Crippen MR) is 90.7 cm³/mol. The van der Waals surface area contributed by atoms with Crippen molar-refractivity contribution in [3.05, 3.63) is 54.1 Å². The zero-order valence-corrected chi connectivity index (χ0v) is 14.0. The second-order valence-corrected chi connectivity index (χ2v) is 7.29. The molecule has 2 N–H and O–H groups in total. The van der Waals surface area contributed by atoms with Crippen LogP contribution < -0.4 is 14.8 Å². The van der Waals surface area contributed by atoms with Gasteiger partial charge in [-0.2, -0.15) is 0 Å².